The molecule has 0 radical (unpaired) electrons. The van der Waals surface area contributed by atoms with Crippen molar-refractivity contribution in [1.29, 1.82) is 0 Å². The number of aliphatic hydroxyl groups is 1. The van der Waals surface area contributed by atoms with Gasteiger partial charge in [-0.25, -0.2) is 0 Å². The summed E-state index contributed by atoms with van der Waals surface area (Å²) < 4.78 is 5.61. The van der Waals surface area contributed by atoms with Gasteiger partial charge in [-0.1, -0.05) is 56.5 Å². The van der Waals surface area contributed by atoms with Gasteiger partial charge in [0.2, 0.25) is 0 Å². The Morgan fingerprint density at radius 1 is 1.11 bits per heavy atom. The molecule has 0 spiro atoms. The van der Waals surface area contributed by atoms with Gasteiger partial charge in [0.25, 0.3) is 0 Å². The van der Waals surface area contributed by atoms with Gasteiger partial charge in [-0.3, -0.25) is 0 Å². The van der Waals surface area contributed by atoms with Crippen molar-refractivity contribution in [1.82, 2.24) is 0 Å². The molecule has 0 aromatic heterocycles. The smallest absolute Gasteiger partial charge is 0.0666 e. The molecular weight excluding hydrogens is 238 g/mol. The number of hydrogen-bond donors (Lipinski definition) is 2. The summed E-state index contributed by atoms with van der Waals surface area (Å²) in [7, 11) is 0. The van der Waals surface area contributed by atoms with Crippen LogP contribution in [0.1, 0.15) is 44.6 Å². The predicted molar refractivity (Wildman–Crippen MR) is 79.0 cm³/mol. The highest BCUT2D eigenvalue weighted by molar-refractivity contribution is 5.23. The fourth-order valence-electron chi connectivity index (χ4n) is 2.07. The summed E-state index contributed by atoms with van der Waals surface area (Å²) in [6, 6.07) is 9.75. The first kappa shape index (κ1) is 16.2. The number of rotatable bonds is 10. The number of ether oxygens (including phenoxy) is 1. The van der Waals surface area contributed by atoms with Crippen LogP contribution in [0.4, 0.5) is 0 Å². The van der Waals surface area contributed by atoms with E-state index in [1.54, 1.807) is 0 Å². The number of nitrogens with two attached hydrogens (primary N) is 1. The van der Waals surface area contributed by atoms with E-state index in [9.17, 15) is 5.11 Å². The average Bonchev–Trinajstić information content (AvgIpc) is 2.47. The maximum absolute atomic E-state index is 9.53. The number of hydrogen-bond acceptors (Lipinski definition) is 3. The normalized spacial score (nSPS) is 14.3. The molecule has 0 aliphatic carbocycles. The number of unbranched alkanes of at least 4 members (excludes halogenated alkanes) is 3. The maximum atomic E-state index is 9.53. The van der Waals surface area contributed by atoms with Gasteiger partial charge in [0.05, 0.1) is 12.1 Å². The molecule has 0 amide bonds. The lowest BCUT2D eigenvalue weighted by molar-refractivity contribution is 0.0918. The molecule has 1 unspecified atom stereocenters. The molecule has 0 aliphatic heterocycles. The second-order valence-electron chi connectivity index (χ2n) is 5.10. The molecule has 3 nitrogen and oxygen atoms in total. The number of aliphatic hydroxyl groups excluding tert-OH is 1. The molecule has 3 heteroatoms. The molecule has 0 saturated carbocycles. The van der Waals surface area contributed by atoms with Gasteiger partial charge in [0.1, 0.15) is 0 Å². The van der Waals surface area contributed by atoms with Crippen LogP contribution in [0.3, 0.4) is 0 Å². The second kappa shape index (κ2) is 9.08. The topological polar surface area (TPSA) is 55.5 Å². The molecule has 1 rings (SSSR count). The van der Waals surface area contributed by atoms with Crippen LogP contribution in [-0.4, -0.2) is 24.9 Å². The van der Waals surface area contributed by atoms with Crippen LogP contribution in [0.5, 0.6) is 0 Å². The molecule has 0 heterocycles. The fourth-order valence-corrected chi connectivity index (χ4v) is 2.07. The first-order chi connectivity index (χ1) is 9.23. The van der Waals surface area contributed by atoms with Crippen molar-refractivity contribution >= 4 is 0 Å². The first-order valence-corrected chi connectivity index (χ1v) is 7.26. The maximum Gasteiger partial charge on any atom is 0.0666 e. The Kier molecular flexibility index (Phi) is 7.72. The van der Waals surface area contributed by atoms with Crippen LogP contribution < -0.4 is 5.73 Å². The van der Waals surface area contributed by atoms with Crippen LogP contribution in [0, 0.1) is 0 Å². The summed E-state index contributed by atoms with van der Waals surface area (Å²) in [5, 5.41) is 9.53. The molecule has 0 bridgehead atoms. The van der Waals surface area contributed by atoms with Crippen LogP contribution >= 0.6 is 0 Å². The second-order valence-corrected chi connectivity index (χ2v) is 5.10. The highest BCUT2D eigenvalue weighted by Crippen LogP contribution is 2.21. The summed E-state index contributed by atoms with van der Waals surface area (Å²) in [6.45, 7) is 3.52. The third-order valence-corrected chi connectivity index (χ3v) is 3.47. The minimum atomic E-state index is -0.690. The third-order valence-electron chi connectivity index (χ3n) is 3.47. The van der Waals surface area contributed by atoms with Gasteiger partial charge in [0.15, 0.2) is 0 Å². The molecule has 3 N–H and O–H groups in total. The zero-order valence-corrected chi connectivity index (χ0v) is 12.0. The van der Waals surface area contributed by atoms with Gasteiger partial charge in [0, 0.05) is 13.2 Å². The minimum absolute atomic E-state index is 0.0593. The van der Waals surface area contributed by atoms with Crippen LogP contribution in [0.25, 0.3) is 0 Å². The first-order valence-electron chi connectivity index (χ1n) is 7.26. The van der Waals surface area contributed by atoms with Crippen LogP contribution in [0.2, 0.25) is 0 Å². The Labute approximate surface area is 116 Å². The highest BCUT2D eigenvalue weighted by Gasteiger charge is 2.25. The van der Waals surface area contributed by atoms with Gasteiger partial charge in [-0.15, -0.1) is 0 Å². The molecule has 0 fully saturated rings. The number of benzene rings is 1. The summed E-state index contributed by atoms with van der Waals surface area (Å²) in [5.74, 6) is 0. The molecule has 0 aliphatic rings. The van der Waals surface area contributed by atoms with Gasteiger partial charge >= 0.3 is 0 Å². The lowest BCUT2D eigenvalue weighted by Gasteiger charge is -2.27. The molecule has 19 heavy (non-hydrogen) atoms. The zero-order valence-electron chi connectivity index (χ0n) is 12.0. The van der Waals surface area contributed by atoms with E-state index in [0.29, 0.717) is 13.0 Å². The van der Waals surface area contributed by atoms with Crippen molar-refractivity contribution in [2.75, 3.05) is 19.8 Å². The van der Waals surface area contributed by atoms with Crippen molar-refractivity contribution in [3.63, 3.8) is 0 Å². The van der Waals surface area contributed by atoms with Crippen LogP contribution in [0.15, 0.2) is 30.3 Å². The highest BCUT2D eigenvalue weighted by atomic mass is 16.5. The summed E-state index contributed by atoms with van der Waals surface area (Å²) in [4.78, 5) is 0. The van der Waals surface area contributed by atoms with Gasteiger partial charge in [-0.2, -0.15) is 0 Å². The van der Waals surface area contributed by atoms with Crippen LogP contribution in [-0.2, 0) is 10.3 Å². The Balaban J connectivity index is 2.29. The van der Waals surface area contributed by atoms with Crippen molar-refractivity contribution in [3.05, 3.63) is 35.9 Å². The van der Waals surface area contributed by atoms with Crippen molar-refractivity contribution in [2.45, 2.75) is 44.6 Å². The molecule has 0 saturated heterocycles. The minimum Gasteiger partial charge on any atom is -0.394 e. The zero-order chi connectivity index (χ0) is 14.0. The van der Waals surface area contributed by atoms with E-state index in [-0.39, 0.29) is 6.61 Å². The van der Waals surface area contributed by atoms with E-state index in [0.717, 1.165) is 18.6 Å². The molecule has 108 valence electrons. The van der Waals surface area contributed by atoms with E-state index in [1.165, 1.54) is 19.3 Å². The summed E-state index contributed by atoms with van der Waals surface area (Å²) in [5.41, 5.74) is 6.53. The summed E-state index contributed by atoms with van der Waals surface area (Å²) >= 11 is 0. The van der Waals surface area contributed by atoms with E-state index >= 15 is 0 Å². The molecular formula is C16H27NO2. The Hall–Kier alpha value is -0.900. The van der Waals surface area contributed by atoms with E-state index < -0.39 is 5.54 Å². The largest absolute Gasteiger partial charge is 0.394 e. The SMILES string of the molecule is CCCCCCOCCC(N)(CO)c1ccccc1. The van der Waals surface area contributed by atoms with Crippen molar-refractivity contribution < 1.29 is 9.84 Å². The van der Waals surface area contributed by atoms with Gasteiger partial charge in [-0.05, 0) is 18.4 Å². The predicted octanol–water partition coefficient (Wildman–Crippen LogP) is 2.82. The molecule has 1 aromatic rings. The average molecular weight is 265 g/mol. The lowest BCUT2D eigenvalue weighted by Crippen LogP contribution is -2.41. The molecule has 1 aromatic carbocycles. The van der Waals surface area contributed by atoms with Gasteiger partial charge < -0.3 is 15.6 Å². The monoisotopic (exact) mass is 265 g/mol. The third kappa shape index (κ3) is 5.72. The lowest BCUT2D eigenvalue weighted by atomic mass is 9.89. The fraction of sp³-hybridized carbons (Fsp3) is 0.625. The standard InChI is InChI=1S/C16H27NO2/c1-2-3-4-8-12-19-13-11-16(17,14-18)15-9-6-5-7-10-15/h5-7,9-10,18H,2-4,8,11-14,17H2,1H3. The Morgan fingerprint density at radius 3 is 2.47 bits per heavy atom. The quantitative estimate of drug-likeness (QED) is 0.640. The Bertz CT molecular complexity index is 329. The van der Waals surface area contributed by atoms with Crippen molar-refractivity contribution in [2.24, 2.45) is 5.73 Å². The van der Waals surface area contributed by atoms with E-state index in [4.69, 9.17) is 10.5 Å². The van der Waals surface area contributed by atoms with Crippen molar-refractivity contribution in [3.8, 4) is 0 Å². The van der Waals surface area contributed by atoms with E-state index in [1.807, 2.05) is 30.3 Å². The molecule has 1 atom stereocenters. The van der Waals surface area contributed by atoms with E-state index in [2.05, 4.69) is 6.92 Å². The summed E-state index contributed by atoms with van der Waals surface area (Å²) in [6.07, 6.45) is 5.48. The Morgan fingerprint density at radius 2 is 1.84 bits per heavy atom.